The van der Waals surface area contributed by atoms with E-state index in [0.717, 1.165) is 23.9 Å². The number of halogens is 4. The molecule has 4 nitrogen and oxygen atoms in total. The van der Waals surface area contributed by atoms with Gasteiger partial charge in [0, 0.05) is 5.56 Å². The second-order valence-electron chi connectivity index (χ2n) is 5.75. The number of hydrogen-bond donors (Lipinski definition) is 1. The molecule has 0 aliphatic rings. The number of carbonyl (C=O) groups excluding carboxylic acids is 1. The van der Waals surface area contributed by atoms with Crippen LogP contribution in [0, 0.1) is 30.2 Å². The molecule has 0 amide bonds. The number of anilines is 2. The molecule has 0 bridgehead atoms. The van der Waals surface area contributed by atoms with Crippen LogP contribution in [0.1, 0.15) is 15.9 Å². The van der Waals surface area contributed by atoms with Gasteiger partial charge < -0.3 is 5.32 Å². The number of benzene rings is 2. The van der Waals surface area contributed by atoms with Crippen molar-refractivity contribution in [3.8, 4) is 11.3 Å². The highest BCUT2D eigenvalue weighted by atomic mass is 32.2. The van der Waals surface area contributed by atoms with Crippen LogP contribution in [0.5, 0.6) is 0 Å². The summed E-state index contributed by atoms with van der Waals surface area (Å²) in [5.74, 6) is -5.09. The minimum Gasteiger partial charge on any atom is -0.337 e. The van der Waals surface area contributed by atoms with Gasteiger partial charge in [-0.25, -0.2) is 27.5 Å². The van der Waals surface area contributed by atoms with E-state index < -0.39 is 29.0 Å². The molecule has 0 radical (unpaired) electrons. The lowest BCUT2D eigenvalue weighted by Gasteiger charge is -2.15. The fraction of sp³-hybridized carbons (Fsp3) is 0.105. The fourth-order valence-electron chi connectivity index (χ4n) is 2.55. The summed E-state index contributed by atoms with van der Waals surface area (Å²) in [6.07, 6.45) is 2.12. The van der Waals surface area contributed by atoms with Crippen molar-refractivity contribution in [2.75, 3.05) is 11.6 Å². The summed E-state index contributed by atoms with van der Waals surface area (Å²) < 4.78 is 54.5. The molecule has 1 N–H and O–H groups in total. The summed E-state index contributed by atoms with van der Waals surface area (Å²) in [5.41, 5.74) is 0.663. The van der Waals surface area contributed by atoms with Crippen LogP contribution in [0.15, 0.2) is 35.5 Å². The van der Waals surface area contributed by atoms with Crippen molar-refractivity contribution < 1.29 is 22.4 Å². The number of nitrogens with zero attached hydrogens (tertiary/aromatic N) is 2. The zero-order chi connectivity index (χ0) is 20.4. The summed E-state index contributed by atoms with van der Waals surface area (Å²) >= 11 is 1.14. The van der Waals surface area contributed by atoms with Crippen LogP contribution < -0.4 is 5.32 Å². The van der Waals surface area contributed by atoms with Crippen molar-refractivity contribution in [1.29, 1.82) is 0 Å². The van der Waals surface area contributed by atoms with Gasteiger partial charge in [0.1, 0.15) is 11.6 Å². The molecule has 0 saturated carbocycles. The summed E-state index contributed by atoms with van der Waals surface area (Å²) in [6, 6.07) is 5.75. The predicted molar refractivity (Wildman–Crippen MR) is 98.9 cm³/mol. The van der Waals surface area contributed by atoms with Gasteiger partial charge in [-0.05, 0) is 43.0 Å². The van der Waals surface area contributed by atoms with Crippen molar-refractivity contribution >= 4 is 29.6 Å². The number of aromatic nitrogens is 2. The monoisotopic (exact) mass is 407 g/mol. The van der Waals surface area contributed by atoms with E-state index in [4.69, 9.17) is 0 Å². The van der Waals surface area contributed by atoms with Crippen LogP contribution in [0.2, 0.25) is 0 Å². The van der Waals surface area contributed by atoms with E-state index in [0.29, 0.717) is 17.4 Å². The van der Waals surface area contributed by atoms with Crippen LogP contribution in [-0.4, -0.2) is 22.5 Å². The van der Waals surface area contributed by atoms with Gasteiger partial charge in [-0.15, -0.1) is 0 Å². The number of thioether (sulfide) groups is 1. The average molecular weight is 407 g/mol. The largest absolute Gasteiger partial charge is 0.337 e. The Labute approximate surface area is 162 Å². The molecule has 3 rings (SSSR count). The lowest BCUT2D eigenvalue weighted by atomic mass is 10.0. The molecule has 144 valence electrons. The molecule has 0 fully saturated rings. The van der Waals surface area contributed by atoms with Gasteiger partial charge >= 0.3 is 0 Å². The summed E-state index contributed by atoms with van der Waals surface area (Å²) in [6.45, 7) is 1.71. The Bertz CT molecular complexity index is 1080. The van der Waals surface area contributed by atoms with E-state index in [2.05, 4.69) is 15.3 Å². The van der Waals surface area contributed by atoms with Crippen molar-refractivity contribution in [2.45, 2.75) is 12.1 Å². The van der Waals surface area contributed by atoms with E-state index in [1.165, 1.54) is 18.2 Å². The lowest BCUT2D eigenvalue weighted by Crippen LogP contribution is -2.07. The number of hydrogen-bond acceptors (Lipinski definition) is 5. The normalized spacial score (nSPS) is 10.8. The van der Waals surface area contributed by atoms with Crippen LogP contribution >= 0.6 is 11.8 Å². The molecule has 1 heterocycles. The molecule has 0 atom stereocenters. The minimum absolute atomic E-state index is 0.0735. The smallest absolute Gasteiger partial charge is 0.196 e. The van der Waals surface area contributed by atoms with Gasteiger partial charge in [0.25, 0.3) is 0 Å². The van der Waals surface area contributed by atoms with Crippen molar-refractivity contribution in [1.82, 2.24) is 9.97 Å². The maximum Gasteiger partial charge on any atom is 0.196 e. The van der Waals surface area contributed by atoms with Crippen LogP contribution in [0.3, 0.4) is 0 Å². The Morgan fingerprint density at radius 2 is 1.79 bits per heavy atom. The summed E-state index contributed by atoms with van der Waals surface area (Å²) in [4.78, 5) is 20.2. The highest BCUT2D eigenvalue weighted by Crippen LogP contribution is 2.32. The molecule has 0 unspecified atom stereocenters. The van der Waals surface area contributed by atoms with Crippen LogP contribution in [-0.2, 0) is 0 Å². The second-order valence-corrected chi connectivity index (χ2v) is 6.52. The van der Waals surface area contributed by atoms with Gasteiger partial charge in [-0.3, -0.25) is 4.79 Å². The molecule has 28 heavy (non-hydrogen) atoms. The standard InChI is InChI=1S/C19H13F4N3OS/c1-9-3-4-10(20)7-11(9)17-12(8-27)18(26-19(25-17)28-2)24-14-6-5-13(21)15(22)16(14)23/h3-8H,1-2H3,(H,24,25,26). The zero-order valence-corrected chi connectivity index (χ0v) is 15.5. The predicted octanol–water partition coefficient (Wildman–Crippen LogP) is 5.29. The highest BCUT2D eigenvalue weighted by molar-refractivity contribution is 7.98. The average Bonchev–Trinajstić information content (AvgIpc) is 2.69. The third-order valence-corrected chi connectivity index (χ3v) is 4.52. The third kappa shape index (κ3) is 3.70. The van der Waals surface area contributed by atoms with Crippen molar-refractivity contribution in [3.05, 3.63) is 64.7 Å². The molecule has 0 saturated heterocycles. The van der Waals surface area contributed by atoms with Gasteiger partial charge in [0.2, 0.25) is 0 Å². The topological polar surface area (TPSA) is 54.9 Å². The summed E-state index contributed by atoms with van der Waals surface area (Å²) in [7, 11) is 0. The van der Waals surface area contributed by atoms with Crippen molar-refractivity contribution in [3.63, 3.8) is 0 Å². The van der Waals surface area contributed by atoms with Gasteiger partial charge in [0.15, 0.2) is 28.9 Å². The SMILES string of the molecule is CSc1nc(Nc2ccc(F)c(F)c2F)c(C=O)c(-c2cc(F)ccc2C)n1. The highest BCUT2D eigenvalue weighted by Gasteiger charge is 2.20. The number of nitrogens with one attached hydrogen (secondary N) is 1. The molecule has 3 aromatic rings. The first-order chi connectivity index (χ1) is 13.3. The molecule has 0 aliphatic heterocycles. The van der Waals surface area contributed by atoms with Gasteiger partial charge in [-0.1, -0.05) is 17.8 Å². The van der Waals surface area contributed by atoms with Crippen molar-refractivity contribution in [2.24, 2.45) is 0 Å². The molecule has 9 heteroatoms. The maximum absolute atomic E-state index is 14.0. The van der Waals surface area contributed by atoms with E-state index in [1.807, 2.05) is 0 Å². The van der Waals surface area contributed by atoms with E-state index in [9.17, 15) is 22.4 Å². The van der Waals surface area contributed by atoms with Crippen LogP contribution in [0.4, 0.5) is 29.1 Å². The number of aryl methyl sites for hydroxylation is 1. The molecule has 0 aliphatic carbocycles. The molecule has 2 aromatic carbocycles. The fourth-order valence-corrected chi connectivity index (χ4v) is 2.92. The molecular formula is C19H13F4N3OS. The first kappa shape index (κ1) is 19.8. The Balaban J connectivity index is 2.21. The number of carbonyl (C=O) groups is 1. The first-order valence-corrected chi connectivity index (χ1v) is 9.16. The summed E-state index contributed by atoms with van der Waals surface area (Å²) in [5, 5.41) is 2.72. The maximum atomic E-state index is 14.0. The first-order valence-electron chi connectivity index (χ1n) is 7.94. The Hall–Kier alpha value is -2.94. The molecule has 1 aromatic heterocycles. The van der Waals surface area contributed by atoms with Gasteiger partial charge in [-0.2, -0.15) is 0 Å². The zero-order valence-electron chi connectivity index (χ0n) is 14.7. The number of aldehydes is 1. The quantitative estimate of drug-likeness (QED) is 0.205. The Kier molecular flexibility index (Phi) is 5.64. The van der Waals surface area contributed by atoms with Crippen LogP contribution in [0.25, 0.3) is 11.3 Å². The Morgan fingerprint density at radius 1 is 1.04 bits per heavy atom. The Morgan fingerprint density at radius 3 is 2.46 bits per heavy atom. The minimum atomic E-state index is -1.65. The third-order valence-electron chi connectivity index (χ3n) is 3.97. The lowest BCUT2D eigenvalue weighted by molar-refractivity contribution is 0.112. The van der Waals surface area contributed by atoms with E-state index in [1.54, 1.807) is 13.2 Å². The molecular weight excluding hydrogens is 394 g/mol. The van der Waals surface area contributed by atoms with E-state index in [-0.39, 0.29) is 22.2 Å². The molecule has 0 spiro atoms. The van der Waals surface area contributed by atoms with E-state index >= 15 is 0 Å². The number of rotatable bonds is 5. The second kappa shape index (κ2) is 7.97. The van der Waals surface area contributed by atoms with Gasteiger partial charge in [0.05, 0.1) is 16.9 Å².